The second-order valence-electron chi connectivity index (χ2n) is 4.64. The molecule has 1 amide bonds. The summed E-state index contributed by atoms with van der Waals surface area (Å²) in [6.07, 6.45) is -1.98. The molecule has 4 atom stereocenters. The molecule has 1 aliphatic rings. The topological polar surface area (TPSA) is 157 Å². The lowest BCUT2D eigenvalue weighted by Gasteiger charge is -2.16. The van der Waals surface area contributed by atoms with Crippen LogP contribution in [0.4, 0.5) is 0 Å². The average Bonchev–Trinajstić information content (AvgIpc) is 3.01. The first kappa shape index (κ1) is 13.8. The van der Waals surface area contributed by atoms with Crippen molar-refractivity contribution in [3.8, 4) is 0 Å². The summed E-state index contributed by atoms with van der Waals surface area (Å²) in [5.41, 5.74) is 5.55. The molecule has 1 saturated heterocycles. The molecular formula is C11H13N5O5. The third kappa shape index (κ3) is 2.05. The van der Waals surface area contributed by atoms with Crippen molar-refractivity contribution in [2.24, 2.45) is 5.73 Å². The minimum absolute atomic E-state index is 0.0505. The van der Waals surface area contributed by atoms with Gasteiger partial charge in [0.05, 0.1) is 12.9 Å². The number of amides is 1. The molecule has 5 N–H and O–H groups in total. The monoisotopic (exact) mass is 295 g/mol. The van der Waals surface area contributed by atoms with Crippen molar-refractivity contribution in [3.63, 3.8) is 0 Å². The van der Waals surface area contributed by atoms with Crippen LogP contribution in [-0.4, -0.2) is 65.7 Å². The molecule has 0 spiro atoms. The van der Waals surface area contributed by atoms with Crippen LogP contribution in [-0.2, 0) is 4.74 Å². The minimum atomic E-state index is -1.27. The lowest BCUT2D eigenvalue weighted by Crippen LogP contribution is -2.33. The third-order valence-electron chi connectivity index (χ3n) is 3.38. The number of ether oxygens (including phenoxy) is 1. The van der Waals surface area contributed by atoms with Crippen molar-refractivity contribution in [2.75, 3.05) is 6.61 Å². The number of aromatic nitrogens is 4. The summed E-state index contributed by atoms with van der Waals surface area (Å²) in [5, 5.41) is 28.9. The van der Waals surface area contributed by atoms with Crippen LogP contribution >= 0.6 is 0 Å². The Kier molecular flexibility index (Phi) is 3.29. The molecule has 10 heteroatoms. The molecular weight excluding hydrogens is 282 g/mol. The number of rotatable bonds is 3. The molecule has 112 valence electrons. The van der Waals surface area contributed by atoms with Gasteiger partial charge >= 0.3 is 0 Å². The quantitative estimate of drug-likeness (QED) is 0.485. The van der Waals surface area contributed by atoms with E-state index in [1.807, 2.05) is 0 Å². The van der Waals surface area contributed by atoms with Gasteiger partial charge in [0.1, 0.15) is 30.2 Å². The number of primary amides is 1. The van der Waals surface area contributed by atoms with E-state index in [2.05, 4.69) is 15.0 Å². The second kappa shape index (κ2) is 5.00. The Labute approximate surface area is 117 Å². The summed E-state index contributed by atoms with van der Waals surface area (Å²) in [6.45, 7) is -0.442. The number of imidazole rings is 1. The van der Waals surface area contributed by atoms with Crippen molar-refractivity contribution < 1.29 is 24.9 Å². The highest BCUT2D eigenvalue weighted by Crippen LogP contribution is 2.31. The molecule has 0 bridgehead atoms. The van der Waals surface area contributed by atoms with Crippen molar-refractivity contribution in [2.45, 2.75) is 24.5 Å². The molecule has 10 nitrogen and oxygen atoms in total. The van der Waals surface area contributed by atoms with Crippen LogP contribution in [0.5, 0.6) is 0 Å². The van der Waals surface area contributed by atoms with Gasteiger partial charge in [0.15, 0.2) is 17.6 Å². The Hall–Kier alpha value is -2.14. The number of nitrogens with two attached hydrogens (primary N) is 1. The minimum Gasteiger partial charge on any atom is -0.394 e. The van der Waals surface area contributed by atoms with Gasteiger partial charge in [0, 0.05) is 0 Å². The maximum atomic E-state index is 11.3. The van der Waals surface area contributed by atoms with E-state index in [4.69, 9.17) is 15.6 Å². The first-order chi connectivity index (χ1) is 10.0. The highest BCUT2D eigenvalue weighted by atomic mass is 16.6. The van der Waals surface area contributed by atoms with Crippen LogP contribution in [0.3, 0.4) is 0 Å². The van der Waals surface area contributed by atoms with E-state index in [1.165, 1.54) is 10.9 Å². The van der Waals surface area contributed by atoms with Crippen molar-refractivity contribution in [1.82, 2.24) is 19.5 Å². The number of nitrogens with zero attached hydrogens (tertiary/aromatic N) is 4. The molecule has 1 fully saturated rings. The van der Waals surface area contributed by atoms with E-state index in [-0.39, 0.29) is 16.9 Å². The van der Waals surface area contributed by atoms with Crippen molar-refractivity contribution in [1.29, 1.82) is 0 Å². The van der Waals surface area contributed by atoms with E-state index in [1.54, 1.807) is 0 Å². The van der Waals surface area contributed by atoms with E-state index >= 15 is 0 Å². The van der Waals surface area contributed by atoms with Crippen LogP contribution in [0.25, 0.3) is 11.2 Å². The van der Waals surface area contributed by atoms with E-state index in [9.17, 15) is 15.0 Å². The molecule has 2 aromatic rings. The molecule has 0 radical (unpaired) electrons. The Morgan fingerprint density at radius 1 is 1.33 bits per heavy atom. The summed E-state index contributed by atoms with van der Waals surface area (Å²) >= 11 is 0. The molecule has 3 rings (SSSR count). The number of carbonyl (C=O) groups excluding carboxylic acids is 1. The molecule has 0 aromatic carbocycles. The second-order valence-corrected chi connectivity index (χ2v) is 4.64. The normalized spacial score (nSPS) is 29.1. The first-order valence-corrected chi connectivity index (χ1v) is 6.14. The zero-order valence-electron chi connectivity index (χ0n) is 10.7. The van der Waals surface area contributed by atoms with Crippen LogP contribution in [0.1, 0.15) is 16.7 Å². The summed E-state index contributed by atoms with van der Waals surface area (Å²) in [4.78, 5) is 23.0. The van der Waals surface area contributed by atoms with Gasteiger partial charge in [-0.05, 0) is 0 Å². The summed E-state index contributed by atoms with van der Waals surface area (Å²) in [6, 6.07) is 0. The number of fused-ring (bicyclic) bond motifs is 1. The number of aliphatic hydroxyl groups is 3. The number of carbonyl (C=O) groups is 1. The van der Waals surface area contributed by atoms with Crippen LogP contribution in [0, 0.1) is 0 Å². The molecule has 0 aliphatic carbocycles. The number of hydrogen-bond acceptors (Lipinski definition) is 8. The lowest BCUT2D eigenvalue weighted by atomic mass is 10.1. The fourth-order valence-electron chi connectivity index (χ4n) is 2.33. The largest absolute Gasteiger partial charge is 0.394 e. The van der Waals surface area contributed by atoms with Crippen LogP contribution in [0.2, 0.25) is 0 Å². The van der Waals surface area contributed by atoms with Gasteiger partial charge in [0.25, 0.3) is 5.91 Å². The zero-order chi connectivity index (χ0) is 15.1. The Balaban J connectivity index is 2.06. The van der Waals surface area contributed by atoms with Gasteiger partial charge in [0.2, 0.25) is 0 Å². The van der Waals surface area contributed by atoms with Crippen LogP contribution < -0.4 is 5.73 Å². The maximum absolute atomic E-state index is 11.3. The summed E-state index contributed by atoms with van der Waals surface area (Å²) < 4.78 is 6.74. The van der Waals surface area contributed by atoms with E-state index < -0.39 is 37.1 Å². The van der Waals surface area contributed by atoms with Gasteiger partial charge in [-0.3, -0.25) is 9.36 Å². The number of aliphatic hydroxyl groups excluding tert-OH is 3. The molecule has 0 unspecified atom stereocenters. The Morgan fingerprint density at radius 3 is 2.71 bits per heavy atom. The molecule has 0 saturated carbocycles. The van der Waals surface area contributed by atoms with Gasteiger partial charge in [-0.15, -0.1) is 0 Å². The fraction of sp³-hybridized carbons (Fsp3) is 0.455. The SMILES string of the molecule is NC(=O)c1ncnc2c1ncn2[C@@H]1O[C@H](CO)[C@@H](O)[C@H]1O. The zero-order valence-corrected chi connectivity index (χ0v) is 10.7. The van der Waals surface area contributed by atoms with Crippen molar-refractivity contribution >= 4 is 17.1 Å². The predicted molar refractivity (Wildman–Crippen MR) is 66.9 cm³/mol. The molecule has 3 heterocycles. The molecule has 21 heavy (non-hydrogen) atoms. The van der Waals surface area contributed by atoms with Crippen molar-refractivity contribution in [3.05, 3.63) is 18.3 Å². The highest BCUT2D eigenvalue weighted by molar-refractivity contribution is 6.01. The summed E-state index contributed by atoms with van der Waals surface area (Å²) in [5.74, 6) is -0.756. The molecule has 1 aliphatic heterocycles. The standard InChI is InChI=1S/C11H13N5O5/c12-9(20)5-6-10(14-2-13-5)16(3-15-6)11-8(19)7(18)4(1-17)21-11/h2-4,7-8,11,17-19H,1H2,(H2,12,20)/t4-,7-,8-,11-/m1/s1. The maximum Gasteiger partial charge on any atom is 0.269 e. The molecule has 2 aromatic heterocycles. The first-order valence-electron chi connectivity index (χ1n) is 6.14. The smallest absolute Gasteiger partial charge is 0.269 e. The Bertz CT molecular complexity index is 689. The lowest BCUT2D eigenvalue weighted by molar-refractivity contribution is -0.0511. The Morgan fingerprint density at radius 2 is 2.10 bits per heavy atom. The predicted octanol–water partition coefficient (Wildman–Crippen LogP) is -2.46. The fourth-order valence-corrected chi connectivity index (χ4v) is 2.33. The summed E-state index contributed by atoms with van der Waals surface area (Å²) in [7, 11) is 0. The van der Waals surface area contributed by atoms with E-state index in [0.717, 1.165) is 6.33 Å². The average molecular weight is 295 g/mol. The van der Waals surface area contributed by atoms with E-state index in [0.29, 0.717) is 0 Å². The van der Waals surface area contributed by atoms with Gasteiger partial charge in [-0.2, -0.15) is 0 Å². The number of hydrogen-bond donors (Lipinski definition) is 4. The van der Waals surface area contributed by atoms with Crippen LogP contribution in [0.15, 0.2) is 12.7 Å². The third-order valence-corrected chi connectivity index (χ3v) is 3.38. The van der Waals surface area contributed by atoms with Gasteiger partial charge in [-0.1, -0.05) is 0 Å². The van der Waals surface area contributed by atoms with Gasteiger partial charge in [-0.25, -0.2) is 15.0 Å². The highest BCUT2D eigenvalue weighted by Gasteiger charge is 2.44. The van der Waals surface area contributed by atoms with Gasteiger partial charge < -0.3 is 25.8 Å².